The highest BCUT2D eigenvalue weighted by Crippen LogP contribution is 2.52. The quantitative estimate of drug-likeness (QED) is 0.344. The van der Waals surface area contributed by atoms with Crippen LogP contribution in [0, 0.1) is 0 Å². The number of hydrogen-bond donors (Lipinski definition) is 5. The van der Waals surface area contributed by atoms with E-state index < -0.39 is 30.7 Å². The molecule has 0 aliphatic carbocycles. The first-order chi connectivity index (χ1) is 16.9. The number of aromatic hydroxyl groups is 1. The fraction of sp³-hybridized carbons (Fsp3) is 0.520. The highest BCUT2D eigenvalue weighted by molar-refractivity contribution is 5.56. The molecular formula is C25H32O10. The van der Waals surface area contributed by atoms with Crippen LogP contribution in [0.5, 0.6) is 23.0 Å². The molecule has 0 bridgehead atoms. The minimum Gasteiger partial charge on any atom is -0.504 e. The summed E-state index contributed by atoms with van der Waals surface area (Å²) in [5, 5.41) is 49.4. The van der Waals surface area contributed by atoms with Gasteiger partial charge in [-0.2, -0.15) is 0 Å². The van der Waals surface area contributed by atoms with E-state index in [1.165, 1.54) is 13.2 Å². The van der Waals surface area contributed by atoms with Crippen molar-refractivity contribution in [2.75, 3.05) is 34.0 Å². The number of benzene rings is 2. The Morgan fingerprint density at radius 3 is 2.49 bits per heavy atom. The molecule has 0 saturated carbocycles. The van der Waals surface area contributed by atoms with Crippen LogP contribution in [0.2, 0.25) is 0 Å². The second kappa shape index (κ2) is 11.0. The van der Waals surface area contributed by atoms with Crippen molar-refractivity contribution in [2.45, 2.75) is 49.5 Å². The van der Waals surface area contributed by atoms with Crippen molar-refractivity contribution < 1.29 is 49.2 Å². The van der Waals surface area contributed by atoms with Crippen LogP contribution in [0.4, 0.5) is 0 Å². The Labute approximate surface area is 203 Å². The van der Waals surface area contributed by atoms with Crippen LogP contribution in [0.3, 0.4) is 0 Å². The van der Waals surface area contributed by atoms with Gasteiger partial charge < -0.3 is 49.2 Å². The van der Waals surface area contributed by atoms with E-state index in [1.54, 1.807) is 19.2 Å². The zero-order valence-electron chi connectivity index (χ0n) is 19.7. The Kier molecular flexibility index (Phi) is 8.00. The molecule has 2 aliphatic rings. The molecule has 35 heavy (non-hydrogen) atoms. The number of phenols is 1. The lowest BCUT2D eigenvalue weighted by Gasteiger charge is -2.35. The molecule has 1 fully saturated rings. The zero-order chi connectivity index (χ0) is 25.1. The van der Waals surface area contributed by atoms with Crippen molar-refractivity contribution in [3.63, 3.8) is 0 Å². The van der Waals surface area contributed by atoms with Crippen molar-refractivity contribution in [2.24, 2.45) is 0 Å². The summed E-state index contributed by atoms with van der Waals surface area (Å²) in [6.07, 6.45) is -4.45. The summed E-state index contributed by atoms with van der Waals surface area (Å²) < 4.78 is 28.5. The fourth-order valence-corrected chi connectivity index (χ4v) is 4.51. The monoisotopic (exact) mass is 492 g/mol. The highest BCUT2D eigenvalue weighted by Gasteiger charge is 2.42. The average Bonchev–Trinajstić information content (AvgIpc) is 3.23. The molecule has 1 saturated heterocycles. The molecular weight excluding hydrogens is 460 g/mol. The Bertz CT molecular complexity index is 1010. The SMILES string of the molecule is COc1cc(C2Oc3c(OC)cc(CCCO)cc3C2CO[C@@H]2OC[C@@H](O)[C@H](O)[C@H]2O)ccc1O. The van der Waals surface area contributed by atoms with E-state index >= 15 is 0 Å². The number of phenolic OH excluding ortho intramolecular Hbond substituents is 1. The number of aliphatic hydroxyl groups excluding tert-OH is 4. The number of ether oxygens (including phenoxy) is 5. The first-order valence-electron chi connectivity index (χ1n) is 11.5. The molecule has 6 atom stereocenters. The smallest absolute Gasteiger partial charge is 0.186 e. The predicted octanol–water partition coefficient (Wildman–Crippen LogP) is 1.01. The van der Waals surface area contributed by atoms with E-state index in [0.29, 0.717) is 30.1 Å². The topological polar surface area (TPSA) is 147 Å². The van der Waals surface area contributed by atoms with Crippen LogP contribution in [-0.2, 0) is 15.9 Å². The van der Waals surface area contributed by atoms with E-state index in [2.05, 4.69) is 0 Å². The first kappa shape index (κ1) is 25.5. The minimum atomic E-state index is -1.42. The maximum Gasteiger partial charge on any atom is 0.186 e. The second-order valence-electron chi connectivity index (χ2n) is 8.70. The summed E-state index contributed by atoms with van der Waals surface area (Å²) >= 11 is 0. The van der Waals surface area contributed by atoms with Crippen LogP contribution in [0.15, 0.2) is 30.3 Å². The number of aryl methyl sites for hydroxylation is 1. The van der Waals surface area contributed by atoms with Gasteiger partial charge in [0.15, 0.2) is 29.3 Å². The molecule has 0 aromatic heterocycles. The third-order valence-electron chi connectivity index (χ3n) is 6.42. The van der Waals surface area contributed by atoms with Gasteiger partial charge >= 0.3 is 0 Å². The van der Waals surface area contributed by atoms with Gasteiger partial charge in [-0.25, -0.2) is 0 Å². The summed E-state index contributed by atoms with van der Waals surface area (Å²) in [7, 11) is 3.01. The molecule has 0 radical (unpaired) electrons. The Morgan fingerprint density at radius 2 is 1.77 bits per heavy atom. The van der Waals surface area contributed by atoms with E-state index in [4.69, 9.17) is 23.7 Å². The summed E-state index contributed by atoms with van der Waals surface area (Å²) in [6, 6.07) is 8.79. The van der Waals surface area contributed by atoms with E-state index in [9.17, 15) is 25.5 Å². The van der Waals surface area contributed by atoms with Gasteiger partial charge in [-0.3, -0.25) is 0 Å². The first-order valence-corrected chi connectivity index (χ1v) is 11.5. The summed E-state index contributed by atoms with van der Waals surface area (Å²) in [5.74, 6) is 1.00. The molecule has 2 aromatic rings. The maximum atomic E-state index is 10.3. The third kappa shape index (κ3) is 5.18. The van der Waals surface area contributed by atoms with Gasteiger partial charge in [0.05, 0.1) is 33.4 Å². The van der Waals surface area contributed by atoms with Crippen molar-refractivity contribution in [3.05, 3.63) is 47.0 Å². The molecule has 10 nitrogen and oxygen atoms in total. The molecule has 4 rings (SSSR count). The number of rotatable bonds is 9. The van der Waals surface area contributed by atoms with E-state index in [-0.39, 0.29) is 31.5 Å². The maximum absolute atomic E-state index is 10.3. The van der Waals surface area contributed by atoms with Crippen LogP contribution in [0.25, 0.3) is 0 Å². The largest absolute Gasteiger partial charge is 0.504 e. The van der Waals surface area contributed by atoms with Crippen molar-refractivity contribution in [1.29, 1.82) is 0 Å². The van der Waals surface area contributed by atoms with Gasteiger partial charge in [0.25, 0.3) is 0 Å². The lowest BCUT2D eigenvalue weighted by Crippen LogP contribution is -2.53. The third-order valence-corrected chi connectivity index (χ3v) is 6.42. The van der Waals surface area contributed by atoms with Crippen LogP contribution in [0.1, 0.15) is 35.1 Å². The van der Waals surface area contributed by atoms with Crippen LogP contribution in [-0.4, -0.2) is 84.2 Å². The zero-order valence-corrected chi connectivity index (χ0v) is 19.7. The molecule has 0 spiro atoms. The second-order valence-corrected chi connectivity index (χ2v) is 8.70. The van der Waals surface area contributed by atoms with Gasteiger partial charge in [0.1, 0.15) is 24.4 Å². The fourth-order valence-electron chi connectivity index (χ4n) is 4.51. The molecule has 0 amide bonds. The van der Waals surface area contributed by atoms with Gasteiger partial charge in [-0.1, -0.05) is 12.1 Å². The Morgan fingerprint density at radius 1 is 1.00 bits per heavy atom. The molecule has 2 aliphatic heterocycles. The molecule has 10 heteroatoms. The lowest BCUT2D eigenvalue weighted by molar-refractivity contribution is -0.271. The molecule has 2 unspecified atom stereocenters. The van der Waals surface area contributed by atoms with E-state index in [0.717, 1.165) is 16.7 Å². The molecule has 2 heterocycles. The molecule has 5 N–H and O–H groups in total. The summed E-state index contributed by atoms with van der Waals surface area (Å²) in [4.78, 5) is 0. The number of hydrogen-bond acceptors (Lipinski definition) is 10. The minimum absolute atomic E-state index is 0.00490. The Balaban J connectivity index is 1.67. The Hall–Kier alpha value is -2.60. The lowest BCUT2D eigenvalue weighted by atomic mass is 9.90. The predicted molar refractivity (Wildman–Crippen MR) is 123 cm³/mol. The van der Waals surface area contributed by atoms with Crippen molar-refractivity contribution in [1.82, 2.24) is 0 Å². The van der Waals surface area contributed by atoms with Crippen LogP contribution >= 0.6 is 0 Å². The van der Waals surface area contributed by atoms with Crippen molar-refractivity contribution in [3.8, 4) is 23.0 Å². The highest BCUT2D eigenvalue weighted by atomic mass is 16.7. The van der Waals surface area contributed by atoms with Crippen molar-refractivity contribution >= 4 is 0 Å². The number of aliphatic hydroxyl groups is 4. The van der Waals surface area contributed by atoms with E-state index in [1.807, 2.05) is 12.1 Å². The standard InChI is InChI=1S/C25H32O10/c1-31-19-10-14(5-6-17(19)27)23-16(11-33-25-22(30)21(29)18(28)12-34-25)15-8-13(4-3-7-26)9-20(32-2)24(15)35-23/h5-6,8-10,16,18,21-23,25-30H,3-4,7,11-12H2,1-2H3/t16?,18-,21+,22-,23?,25-/m1/s1. The van der Waals surface area contributed by atoms with Crippen LogP contribution < -0.4 is 14.2 Å². The summed E-state index contributed by atoms with van der Waals surface area (Å²) in [6.45, 7) is -0.0557. The number of fused-ring (bicyclic) bond motifs is 1. The molecule has 2 aromatic carbocycles. The number of methoxy groups -OCH3 is 2. The molecule has 192 valence electrons. The summed E-state index contributed by atoms with van der Waals surface area (Å²) in [5.41, 5.74) is 2.50. The average molecular weight is 493 g/mol. The van der Waals surface area contributed by atoms with Gasteiger partial charge in [0, 0.05) is 12.2 Å². The van der Waals surface area contributed by atoms with Gasteiger partial charge in [-0.15, -0.1) is 0 Å². The van der Waals surface area contributed by atoms with Gasteiger partial charge in [0.2, 0.25) is 0 Å². The normalized spacial score (nSPS) is 27.8. The van der Waals surface area contributed by atoms with Gasteiger partial charge in [-0.05, 0) is 42.2 Å².